The number of rotatable bonds is 3. The molecule has 0 bridgehead atoms. The average Bonchev–Trinajstić information content (AvgIpc) is 2.89. The molecular weight excluding hydrogens is 299 g/mol. The van der Waals surface area contributed by atoms with E-state index in [0.717, 1.165) is 5.56 Å². The Bertz CT molecular complexity index is 765. The van der Waals surface area contributed by atoms with E-state index in [4.69, 9.17) is 23.2 Å². The summed E-state index contributed by atoms with van der Waals surface area (Å²) in [6.45, 7) is 0. The first-order valence-corrected chi connectivity index (χ1v) is 6.39. The molecule has 100 valence electrons. The number of anilines is 1. The Morgan fingerprint density at radius 1 is 1.15 bits per heavy atom. The van der Waals surface area contributed by atoms with Gasteiger partial charge in [0, 0.05) is 5.02 Å². The fourth-order valence-corrected chi connectivity index (χ4v) is 1.89. The van der Waals surface area contributed by atoms with Gasteiger partial charge in [-0.3, -0.25) is 5.43 Å². The van der Waals surface area contributed by atoms with E-state index in [1.165, 1.54) is 6.33 Å². The molecule has 0 aliphatic carbocycles. The number of aromatic nitrogens is 4. The molecule has 2 N–H and O–H groups in total. The number of aromatic amines is 1. The highest BCUT2D eigenvalue weighted by molar-refractivity contribution is 6.30. The van der Waals surface area contributed by atoms with Gasteiger partial charge in [0.1, 0.15) is 5.52 Å². The fourth-order valence-electron chi connectivity index (χ4n) is 1.60. The molecule has 0 unspecified atom stereocenters. The van der Waals surface area contributed by atoms with Gasteiger partial charge in [0.25, 0.3) is 0 Å². The van der Waals surface area contributed by atoms with Gasteiger partial charge in [0.15, 0.2) is 11.5 Å². The second-order valence-corrected chi connectivity index (χ2v) is 4.64. The van der Waals surface area contributed by atoms with Gasteiger partial charge in [0.05, 0.1) is 12.5 Å². The summed E-state index contributed by atoms with van der Waals surface area (Å²) >= 11 is 11.6. The van der Waals surface area contributed by atoms with Gasteiger partial charge in [-0.25, -0.2) is 4.98 Å². The van der Waals surface area contributed by atoms with Crippen molar-refractivity contribution in [3.05, 3.63) is 46.5 Å². The van der Waals surface area contributed by atoms with Crippen LogP contribution >= 0.6 is 23.2 Å². The van der Waals surface area contributed by atoms with E-state index in [-0.39, 0.29) is 5.28 Å². The minimum absolute atomic E-state index is 0.105. The normalized spacial score (nSPS) is 11.3. The van der Waals surface area contributed by atoms with Crippen molar-refractivity contribution in [2.45, 2.75) is 0 Å². The van der Waals surface area contributed by atoms with Crippen LogP contribution in [-0.2, 0) is 0 Å². The summed E-state index contributed by atoms with van der Waals surface area (Å²) in [6.07, 6.45) is 3.16. The van der Waals surface area contributed by atoms with Gasteiger partial charge in [-0.15, -0.1) is 0 Å². The molecule has 2 heterocycles. The largest absolute Gasteiger partial charge is 0.340 e. The minimum atomic E-state index is 0.105. The van der Waals surface area contributed by atoms with Crippen LogP contribution in [0.2, 0.25) is 10.3 Å². The summed E-state index contributed by atoms with van der Waals surface area (Å²) in [6, 6.07) is 7.29. The van der Waals surface area contributed by atoms with E-state index in [2.05, 4.69) is 30.5 Å². The standard InChI is InChI=1S/C12H8Cl2N6/c13-8-3-1-7(2-4-8)5-17-20-11-9-10(16-6-15-9)18-12(14)19-11/h1-6H,(H2,15,16,18,19,20)/b17-5+. The molecule has 3 aromatic rings. The van der Waals surface area contributed by atoms with Crippen molar-refractivity contribution in [1.29, 1.82) is 0 Å². The van der Waals surface area contributed by atoms with Gasteiger partial charge in [-0.1, -0.05) is 23.7 Å². The van der Waals surface area contributed by atoms with Crippen molar-refractivity contribution in [2.24, 2.45) is 5.10 Å². The number of nitrogens with one attached hydrogen (secondary N) is 2. The maximum Gasteiger partial charge on any atom is 0.226 e. The first kappa shape index (κ1) is 12.8. The number of halogens is 2. The topological polar surface area (TPSA) is 78.8 Å². The average molecular weight is 307 g/mol. The molecule has 8 heteroatoms. The third-order valence-corrected chi connectivity index (χ3v) is 2.93. The van der Waals surface area contributed by atoms with Gasteiger partial charge in [0.2, 0.25) is 5.28 Å². The molecular formula is C12H8Cl2N6. The van der Waals surface area contributed by atoms with Crippen LogP contribution in [0.4, 0.5) is 5.82 Å². The van der Waals surface area contributed by atoms with Gasteiger partial charge in [-0.05, 0) is 29.3 Å². The maximum absolute atomic E-state index is 5.81. The van der Waals surface area contributed by atoms with Crippen molar-refractivity contribution in [3.8, 4) is 0 Å². The number of hydrogen-bond donors (Lipinski definition) is 2. The highest BCUT2D eigenvalue weighted by Crippen LogP contribution is 2.18. The quantitative estimate of drug-likeness (QED) is 0.443. The Morgan fingerprint density at radius 2 is 1.95 bits per heavy atom. The first-order chi connectivity index (χ1) is 9.72. The smallest absolute Gasteiger partial charge is 0.226 e. The van der Waals surface area contributed by atoms with E-state index in [1.807, 2.05) is 12.1 Å². The zero-order chi connectivity index (χ0) is 13.9. The lowest BCUT2D eigenvalue weighted by Gasteiger charge is -2.00. The molecule has 3 rings (SSSR count). The molecule has 0 saturated carbocycles. The number of hydrogen-bond acceptors (Lipinski definition) is 5. The molecule has 1 aromatic carbocycles. The van der Waals surface area contributed by atoms with E-state index >= 15 is 0 Å². The molecule has 6 nitrogen and oxygen atoms in total. The second-order valence-electron chi connectivity index (χ2n) is 3.86. The van der Waals surface area contributed by atoms with E-state index in [9.17, 15) is 0 Å². The number of fused-ring (bicyclic) bond motifs is 1. The van der Waals surface area contributed by atoms with Crippen LogP contribution in [0.15, 0.2) is 35.7 Å². The van der Waals surface area contributed by atoms with Gasteiger partial charge < -0.3 is 4.98 Å². The molecule has 0 atom stereocenters. The highest BCUT2D eigenvalue weighted by atomic mass is 35.5. The SMILES string of the molecule is Clc1ccc(/C=N/Nc2nc(Cl)nc3nc[nH]c23)cc1. The maximum atomic E-state index is 5.81. The number of nitrogens with zero attached hydrogens (tertiary/aromatic N) is 4. The van der Waals surface area contributed by atoms with Crippen molar-refractivity contribution in [1.82, 2.24) is 19.9 Å². The van der Waals surface area contributed by atoms with Crippen LogP contribution in [0.3, 0.4) is 0 Å². The van der Waals surface area contributed by atoms with Crippen LogP contribution in [0.5, 0.6) is 0 Å². The number of H-pyrrole nitrogens is 1. The van der Waals surface area contributed by atoms with Crippen molar-refractivity contribution in [2.75, 3.05) is 5.43 Å². The fraction of sp³-hybridized carbons (Fsp3) is 0. The molecule has 0 aliphatic rings. The Balaban J connectivity index is 1.83. The molecule has 20 heavy (non-hydrogen) atoms. The summed E-state index contributed by atoms with van der Waals surface area (Å²) in [5.74, 6) is 0.461. The molecule has 0 amide bonds. The van der Waals surface area contributed by atoms with E-state index < -0.39 is 0 Å². The number of hydrazone groups is 1. The van der Waals surface area contributed by atoms with Crippen LogP contribution in [0, 0.1) is 0 Å². The Kier molecular flexibility index (Phi) is 3.49. The molecule has 0 fully saturated rings. The monoisotopic (exact) mass is 306 g/mol. The third-order valence-electron chi connectivity index (χ3n) is 2.51. The van der Waals surface area contributed by atoms with Crippen LogP contribution in [0.1, 0.15) is 5.56 Å². The van der Waals surface area contributed by atoms with Gasteiger partial charge in [-0.2, -0.15) is 15.1 Å². The van der Waals surface area contributed by atoms with E-state index in [1.54, 1.807) is 18.3 Å². The summed E-state index contributed by atoms with van der Waals surface area (Å²) in [5.41, 5.74) is 4.83. The molecule has 0 radical (unpaired) electrons. The van der Waals surface area contributed by atoms with Crippen LogP contribution in [0.25, 0.3) is 11.2 Å². The zero-order valence-corrected chi connectivity index (χ0v) is 11.5. The lowest BCUT2D eigenvalue weighted by molar-refractivity contribution is 1.17. The summed E-state index contributed by atoms with van der Waals surface area (Å²) < 4.78 is 0. The third kappa shape index (κ3) is 2.71. The minimum Gasteiger partial charge on any atom is -0.340 e. The predicted octanol–water partition coefficient (Wildman–Crippen LogP) is 3.11. The predicted molar refractivity (Wildman–Crippen MR) is 79.4 cm³/mol. The summed E-state index contributed by atoms with van der Waals surface area (Å²) in [4.78, 5) is 15.0. The second kappa shape index (κ2) is 5.44. The van der Waals surface area contributed by atoms with Gasteiger partial charge >= 0.3 is 0 Å². The molecule has 0 saturated heterocycles. The lowest BCUT2D eigenvalue weighted by Crippen LogP contribution is -1.97. The highest BCUT2D eigenvalue weighted by Gasteiger charge is 2.07. The van der Waals surface area contributed by atoms with Crippen molar-refractivity contribution < 1.29 is 0 Å². The molecule has 2 aromatic heterocycles. The molecule has 0 aliphatic heterocycles. The number of imidazole rings is 1. The van der Waals surface area contributed by atoms with E-state index in [0.29, 0.717) is 22.0 Å². The van der Waals surface area contributed by atoms with Crippen LogP contribution in [-0.4, -0.2) is 26.2 Å². The summed E-state index contributed by atoms with van der Waals surface area (Å²) in [5, 5.41) is 4.88. The number of benzene rings is 1. The zero-order valence-electron chi connectivity index (χ0n) is 10.0. The Morgan fingerprint density at radius 3 is 2.75 bits per heavy atom. The Labute approximate surface area is 123 Å². The lowest BCUT2D eigenvalue weighted by atomic mass is 10.2. The Hall–Kier alpha value is -2.18. The first-order valence-electron chi connectivity index (χ1n) is 5.63. The summed E-state index contributed by atoms with van der Waals surface area (Å²) in [7, 11) is 0. The van der Waals surface area contributed by atoms with Crippen molar-refractivity contribution >= 4 is 46.4 Å². The molecule has 0 spiro atoms. The van der Waals surface area contributed by atoms with Crippen molar-refractivity contribution in [3.63, 3.8) is 0 Å². The van der Waals surface area contributed by atoms with Crippen LogP contribution < -0.4 is 5.43 Å².